The third-order valence-corrected chi connectivity index (χ3v) is 3.54. The molecule has 0 bridgehead atoms. The quantitative estimate of drug-likeness (QED) is 0.694. The number of fused-ring (bicyclic) bond motifs is 1. The fourth-order valence-electron chi connectivity index (χ4n) is 1.91. The van der Waals surface area contributed by atoms with E-state index in [2.05, 4.69) is 46.1 Å². The number of aromatic amines is 1. The van der Waals surface area contributed by atoms with Gasteiger partial charge in [0.25, 0.3) is 0 Å². The van der Waals surface area contributed by atoms with Crippen LogP contribution in [0.2, 0.25) is 0 Å². The predicted octanol–water partition coefficient (Wildman–Crippen LogP) is 3.28. The molecule has 1 atom stereocenters. The molecule has 3 rings (SSSR count). The van der Waals surface area contributed by atoms with Crippen LogP contribution in [0.1, 0.15) is 17.2 Å². The average molecular weight is 228 g/mol. The van der Waals surface area contributed by atoms with Crippen molar-refractivity contribution in [3.63, 3.8) is 0 Å². The Morgan fingerprint density at radius 1 is 1.12 bits per heavy atom. The topological polar surface area (TPSA) is 41.8 Å². The van der Waals surface area contributed by atoms with E-state index in [4.69, 9.17) is 5.73 Å². The van der Waals surface area contributed by atoms with E-state index in [1.54, 1.807) is 11.3 Å². The minimum absolute atomic E-state index is 0.0226. The van der Waals surface area contributed by atoms with Gasteiger partial charge in [-0.3, -0.25) is 0 Å². The maximum absolute atomic E-state index is 6.22. The van der Waals surface area contributed by atoms with Crippen LogP contribution in [-0.2, 0) is 0 Å². The molecule has 1 aromatic carbocycles. The first-order chi connectivity index (χ1) is 7.84. The van der Waals surface area contributed by atoms with E-state index in [1.807, 2.05) is 6.20 Å². The molecule has 2 nitrogen and oxygen atoms in total. The molecule has 2 heterocycles. The number of H-pyrrole nitrogens is 1. The van der Waals surface area contributed by atoms with Gasteiger partial charge in [0.05, 0.1) is 6.04 Å². The van der Waals surface area contributed by atoms with Gasteiger partial charge in [-0.05, 0) is 51.5 Å². The molecule has 0 fully saturated rings. The zero-order valence-corrected chi connectivity index (χ0v) is 9.50. The van der Waals surface area contributed by atoms with Crippen molar-refractivity contribution >= 4 is 22.2 Å². The fraction of sp³-hybridized carbons (Fsp3) is 0.0769. The number of thiophene rings is 1. The van der Waals surface area contributed by atoms with Crippen molar-refractivity contribution in [1.82, 2.24) is 4.98 Å². The zero-order valence-electron chi connectivity index (χ0n) is 8.68. The Morgan fingerprint density at radius 3 is 2.88 bits per heavy atom. The molecule has 80 valence electrons. The Bertz CT molecular complexity index is 595. The van der Waals surface area contributed by atoms with Gasteiger partial charge in [-0.1, -0.05) is 6.07 Å². The molecule has 0 aliphatic rings. The Hall–Kier alpha value is -1.58. The van der Waals surface area contributed by atoms with Gasteiger partial charge in [0.2, 0.25) is 0 Å². The SMILES string of the molecule is N[C@H](c1ccsc1)c1ccc2[nH]ccc2c1. The van der Waals surface area contributed by atoms with E-state index in [0.717, 1.165) is 11.1 Å². The lowest BCUT2D eigenvalue weighted by Gasteiger charge is -2.10. The molecule has 0 unspecified atom stereocenters. The summed E-state index contributed by atoms with van der Waals surface area (Å²) >= 11 is 1.68. The van der Waals surface area contributed by atoms with Crippen LogP contribution in [0, 0.1) is 0 Å². The van der Waals surface area contributed by atoms with Crippen molar-refractivity contribution in [3.8, 4) is 0 Å². The molecule has 0 aliphatic heterocycles. The highest BCUT2D eigenvalue weighted by Gasteiger charge is 2.09. The summed E-state index contributed by atoms with van der Waals surface area (Å²) < 4.78 is 0. The zero-order chi connectivity index (χ0) is 11.0. The fourth-order valence-corrected chi connectivity index (χ4v) is 2.61. The van der Waals surface area contributed by atoms with E-state index >= 15 is 0 Å². The molecule has 0 saturated heterocycles. The van der Waals surface area contributed by atoms with Gasteiger partial charge in [-0.15, -0.1) is 0 Å². The van der Waals surface area contributed by atoms with Crippen LogP contribution in [0.5, 0.6) is 0 Å². The molecular weight excluding hydrogens is 216 g/mol. The summed E-state index contributed by atoms with van der Waals surface area (Å²) in [6, 6.07) is 10.4. The average Bonchev–Trinajstić information content (AvgIpc) is 2.98. The standard InChI is InChI=1S/C13H12N2S/c14-13(11-4-6-16-8-11)10-1-2-12-9(7-10)3-5-15-12/h1-8,13,15H,14H2/t13-/m0/s1. The summed E-state index contributed by atoms with van der Waals surface area (Å²) in [5.74, 6) is 0. The number of benzene rings is 1. The van der Waals surface area contributed by atoms with E-state index in [1.165, 1.54) is 10.9 Å². The van der Waals surface area contributed by atoms with E-state index in [9.17, 15) is 0 Å². The summed E-state index contributed by atoms with van der Waals surface area (Å²) in [7, 11) is 0. The van der Waals surface area contributed by atoms with Crippen LogP contribution in [0.3, 0.4) is 0 Å². The van der Waals surface area contributed by atoms with Crippen LogP contribution in [-0.4, -0.2) is 4.98 Å². The molecule has 3 heteroatoms. The Balaban J connectivity index is 2.05. The van der Waals surface area contributed by atoms with Gasteiger partial charge in [0, 0.05) is 11.7 Å². The third kappa shape index (κ3) is 1.54. The van der Waals surface area contributed by atoms with Gasteiger partial charge in [0.1, 0.15) is 0 Å². The second-order valence-electron chi connectivity index (χ2n) is 3.86. The molecule has 0 spiro atoms. The lowest BCUT2D eigenvalue weighted by molar-refractivity contribution is 0.879. The van der Waals surface area contributed by atoms with Crippen molar-refractivity contribution < 1.29 is 0 Å². The van der Waals surface area contributed by atoms with Gasteiger partial charge < -0.3 is 10.7 Å². The van der Waals surface area contributed by atoms with E-state index in [-0.39, 0.29) is 6.04 Å². The first kappa shape index (κ1) is 9.63. The number of rotatable bonds is 2. The van der Waals surface area contributed by atoms with Crippen molar-refractivity contribution in [2.24, 2.45) is 5.73 Å². The maximum atomic E-state index is 6.22. The van der Waals surface area contributed by atoms with Crippen LogP contribution >= 0.6 is 11.3 Å². The van der Waals surface area contributed by atoms with E-state index in [0.29, 0.717) is 0 Å². The number of hydrogen-bond acceptors (Lipinski definition) is 2. The van der Waals surface area contributed by atoms with Gasteiger partial charge in [-0.25, -0.2) is 0 Å². The summed E-state index contributed by atoms with van der Waals surface area (Å²) in [6.45, 7) is 0. The summed E-state index contributed by atoms with van der Waals surface area (Å²) in [6.07, 6.45) is 1.95. The highest BCUT2D eigenvalue weighted by Crippen LogP contribution is 2.24. The minimum atomic E-state index is -0.0226. The Labute approximate surface area is 97.7 Å². The Kier molecular flexibility index (Phi) is 2.27. The summed E-state index contributed by atoms with van der Waals surface area (Å²) in [4.78, 5) is 3.18. The van der Waals surface area contributed by atoms with Crippen LogP contribution < -0.4 is 5.73 Å². The van der Waals surface area contributed by atoms with Crippen LogP contribution in [0.25, 0.3) is 10.9 Å². The van der Waals surface area contributed by atoms with Crippen molar-refractivity contribution in [2.75, 3.05) is 0 Å². The molecule has 3 aromatic rings. The first-order valence-electron chi connectivity index (χ1n) is 5.19. The van der Waals surface area contributed by atoms with Gasteiger partial charge in [-0.2, -0.15) is 11.3 Å². The molecule has 0 radical (unpaired) electrons. The number of nitrogens with two attached hydrogens (primary N) is 1. The minimum Gasteiger partial charge on any atom is -0.361 e. The molecule has 0 aliphatic carbocycles. The molecule has 2 aromatic heterocycles. The third-order valence-electron chi connectivity index (χ3n) is 2.84. The normalized spacial score (nSPS) is 13.1. The lowest BCUT2D eigenvalue weighted by atomic mass is 10.0. The molecule has 16 heavy (non-hydrogen) atoms. The number of aromatic nitrogens is 1. The molecule has 0 amide bonds. The molecule has 0 saturated carbocycles. The summed E-state index contributed by atoms with van der Waals surface area (Å²) in [5.41, 5.74) is 9.71. The second-order valence-corrected chi connectivity index (χ2v) is 4.64. The summed E-state index contributed by atoms with van der Waals surface area (Å²) in [5, 5.41) is 5.37. The Morgan fingerprint density at radius 2 is 2.06 bits per heavy atom. The molecule has 3 N–H and O–H groups in total. The van der Waals surface area contributed by atoms with Crippen molar-refractivity contribution in [3.05, 3.63) is 58.4 Å². The van der Waals surface area contributed by atoms with Gasteiger partial charge in [0.15, 0.2) is 0 Å². The van der Waals surface area contributed by atoms with Crippen molar-refractivity contribution in [2.45, 2.75) is 6.04 Å². The monoisotopic (exact) mass is 228 g/mol. The van der Waals surface area contributed by atoms with Gasteiger partial charge >= 0.3 is 0 Å². The largest absolute Gasteiger partial charge is 0.361 e. The smallest absolute Gasteiger partial charge is 0.0560 e. The maximum Gasteiger partial charge on any atom is 0.0560 e. The number of nitrogens with one attached hydrogen (secondary N) is 1. The van der Waals surface area contributed by atoms with E-state index < -0.39 is 0 Å². The van der Waals surface area contributed by atoms with Crippen LogP contribution in [0.15, 0.2) is 47.3 Å². The number of hydrogen-bond donors (Lipinski definition) is 2. The highest BCUT2D eigenvalue weighted by molar-refractivity contribution is 7.08. The highest BCUT2D eigenvalue weighted by atomic mass is 32.1. The first-order valence-corrected chi connectivity index (χ1v) is 6.13. The molecular formula is C13H12N2S. The van der Waals surface area contributed by atoms with Crippen molar-refractivity contribution in [1.29, 1.82) is 0 Å². The lowest BCUT2D eigenvalue weighted by Crippen LogP contribution is -2.10. The predicted molar refractivity (Wildman–Crippen MR) is 68.6 cm³/mol. The van der Waals surface area contributed by atoms with Crippen LogP contribution in [0.4, 0.5) is 0 Å². The second kappa shape index (κ2) is 3.77.